The summed E-state index contributed by atoms with van der Waals surface area (Å²) in [6, 6.07) is 7.00. The third-order valence-corrected chi connectivity index (χ3v) is 4.67. The summed E-state index contributed by atoms with van der Waals surface area (Å²) in [6.45, 7) is 5.95. The highest BCUT2D eigenvalue weighted by molar-refractivity contribution is 7.13. The van der Waals surface area contributed by atoms with E-state index in [2.05, 4.69) is 4.98 Å². The summed E-state index contributed by atoms with van der Waals surface area (Å²) in [5, 5.41) is 1.91. The van der Waals surface area contributed by atoms with Crippen LogP contribution in [0.15, 0.2) is 34.4 Å². The molecule has 2 aromatic rings. The van der Waals surface area contributed by atoms with Crippen molar-refractivity contribution in [2.24, 2.45) is 0 Å². The molecule has 0 aromatic carbocycles. The van der Waals surface area contributed by atoms with E-state index in [-0.39, 0.29) is 12.1 Å². The van der Waals surface area contributed by atoms with Crippen LogP contribution in [0.2, 0.25) is 0 Å². The number of carbonyl (C=O) groups excluding carboxylic acids is 2. The number of aromatic amines is 1. The first kappa shape index (κ1) is 21.8. The zero-order valence-electron chi connectivity index (χ0n) is 16.9. The summed E-state index contributed by atoms with van der Waals surface area (Å²) < 4.78 is 5.33. The minimum atomic E-state index is -0.646. The number of carbonyl (C=O) groups is 2. The molecule has 0 fully saturated rings. The molecule has 152 valence electrons. The number of nitrogens with zero attached hydrogens (tertiary/aromatic N) is 2. The van der Waals surface area contributed by atoms with Crippen LogP contribution < -0.4 is 5.56 Å². The Balaban J connectivity index is 2.23. The molecule has 1 amide bonds. The van der Waals surface area contributed by atoms with Crippen LogP contribution in [0.5, 0.6) is 0 Å². The number of rotatable bonds is 7. The molecule has 0 saturated carbocycles. The molecule has 0 bridgehead atoms. The summed E-state index contributed by atoms with van der Waals surface area (Å²) in [5.41, 5.74) is -0.464. The van der Waals surface area contributed by atoms with Gasteiger partial charge in [0.15, 0.2) is 0 Å². The van der Waals surface area contributed by atoms with Crippen LogP contribution in [0.4, 0.5) is 0 Å². The highest BCUT2D eigenvalue weighted by Crippen LogP contribution is 2.21. The SMILES string of the molecule is CN(C)CCN(CC(=O)OC(C)(C)C)C(=O)c1ccc(-c2cccs2)[nH]c1=O. The van der Waals surface area contributed by atoms with Gasteiger partial charge in [0.2, 0.25) is 0 Å². The summed E-state index contributed by atoms with van der Waals surface area (Å²) in [7, 11) is 3.75. The van der Waals surface area contributed by atoms with Gasteiger partial charge in [-0.05, 0) is 58.4 Å². The Labute approximate surface area is 168 Å². The van der Waals surface area contributed by atoms with E-state index in [4.69, 9.17) is 4.74 Å². The number of hydrogen-bond donors (Lipinski definition) is 1. The van der Waals surface area contributed by atoms with Gasteiger partial charge in [0.05, 0.1) is 10.6 Å². The van der Waals surface area contributed by atoms with Crippen LogP contribution in [0.3, 0.4) is 0 Å². The van der Waals surface area contributed by atoms with Crippen molar-refractivity contribution in [1.82, 2.24) is 14.8 Å². The topological polar surface area (TPSA) is 82.7 Å². The molecule has 0 unspecified atom stereocenters. The van der Waals surface area contributed by atoms with Gasteiger partial charge in [0.1, 0.15) is 17.7 Å². The first-order valence-corrected chi connectivity index (χ1v) is 9.88. The maximum Gasteiger partial charge on any atom is 0.326 e. The number of thiophene rings is 1. The maximum absolute atomic E-state index is 13.0. The molecule has 8 heteroatoms. The van der Waals surface area contributed by atoms with Crippen LogP contribution in [0.1, 0.15) is 31.1 Å². The van der Waals surface area contributed by atoms with Crippen molar-refractivity contribution in [1.29, 1.82) is 0 Å². The Morgan fingerprint density at radius 2 is 1.86 bits per heavy atom. The second kappa shape index (κ2) is 9.16. The summed E-state index contributed by atoms with van der Waals surface area (Å²) in [5.74, 6) is -1.00. The van der Waals surface area contributed by atoms with E-state index < -0.39 is 23.0 Å². The molecule has 0 aliphatic carbocycles. The Bertz CT molecular complexity index is 866. The van der Waals surface area contributed by atoms with E-state index in [1.165, 1.54) is 22.3 Å². The molecule has 0 spiro atoms. The highest BCUT2D eigenvalue weighted by Gasteiger charge is 2.24. The van der Waals surface area contributed by atoms with Gasteiger partial charge in [0, 0.05) is 13.1 Å². The molecule has 2 heterocycles. The minimum absolute atomic E-state index is 0.00243. The van der Waals surface area contributed by atoms with Crippen LogP contribution >= 0.6 is 11.3 Å². The number of nitrogens with one attached hydrogen (secondary N) is 1. The van der Waals surface area contributed by atoms with Gasteiger partial charge in [0.25, 0.3) is 11.5 Å². The first-order chi connectivity index (χ1) is 13.1. The average Bonchev–Trinajstić information content (AvgIpc) is 3.10. The predicted molar refractivity (Wildman–Crippen MR) is 111 cm³/mol. The number of ether oxygens (including phenoxy) is 1. The number of hydrogen-bond acceptors (Lipinski definition) is 6. The fraction of sp³-hybridized carbons (Fsp3) is 0.450. The highest BCUT2D eigenvalue weighted by atomic mass is 32.1. The molecule has 0 aliphatic heterocycles. The van der Waals surface area contributed by atoms with E-state index in [0.29, 0.717) is 18.8 Å². The van der Waals surface area contributed by atoms with E-state index in [9.17, 15) is 14.4 Å². The van der Waals surface area contributed by atoms with Gasteiger partial charge in [-0.25, -0.2) is 0 Å². The molecule has 1 N–H and O–H groups in total. The average molecular weight is 406 g/mol. The van der Waals surface area contributed by atoms with Gasteiger partial charge in [-0.1, -0.05) is 6.07 Å². The second-order valence-electron chi connectivity index (χ2n) is 7.71. The molecule has 0 atom stereocenters. The summed E-state index contributed by atoms with van der Waals surface area (Å²) >= 11 is 1.50. The van der Waals surface area contributed by atoms with Crippen molar-refractivity contribution in [3.63, 3.8) is 0 Å². The number of pyridine rings is 1. The third-order valence-electron chi connectivity index (χ3n) is 3.77. The zero-order chi connectivity index (χ0) is 20.9. The van der Waals surface area contributed by atoms with Crippen LogP contribution in [0.25, 0.3) is 10.6 Å². The normalized spacial score (nSPS) is 11.5. The lowest BCUT2D eigenvalue weighted by molar-refractivity contribution is -0.155. The van der Waals surface area contributed by atoms with Crippen molar-refractivity contribution in [3.8, 4) is 10.6 Å². The Morgan fingerprint density at radius 1 is 1.14 bits per heavy atom. The lowest BCUT2D eigenvalue weighted by Gasteiger charge is -2.26. The van der Waals surface area contributed by atoms with Gasteiger partial charge >= 0.3 is 5.97 Å². The molecule has 0 saturated heterocycles. The lowest BCUT2D eigenvalue weighted by atomic mass is 10.2. The number of esters is 1. The van der Waals surface area contributed by atoms with Crippen LogP contribution in [-0.2, 0) is 9.53 Å². The Morgan fingerprint density at radius 3 is 2.39 bits per heavy atom. The van der Waals surface area contributed by atoms with Gasteiger partial charge < -0.3 is 19.5 Å². The molecule has 0 radical (unpaired) electrons. The molecule has 2 rings (SSSR count). The summed E-state index contributed by atoms with van der Waals surface area (Å²) in [6.07, 6.45) is 0. The molecular weight excluding hydrogens is 378 g/mol. The largest absolute Gasteiger partial charge is 0.459 e. The number of H-pyrrole nitrogens is 1. The van der Waals surface area contributed by atoms with Crippen molar-refractivity contribution < 1.29 is 14.3 Å². The fourth-order valence-corrected chi connectivity index (χ4v) is 3.20. The minimum Gasteiger partial charge on any atom is -0.459 e. The zero-order valence-corrected chi connectivity index (χ0v) is 17.8. The van der Waals surface area contributed by atoms with Crippen LogP contribution in [-0.4, -0.2) is 66.0 Å². The van der Waals surface area contributed by atoms with Crippen molar-refractivity contribution >= 4 is 23.2 Å². The summed E-state index contributed by atoms with van der Waals surface area (Å²) in [4.78, 5) is 44.6. The van der Waals surface area contributed by atoms with E-state index >= 15 is 0 Å². The number of likely N-dealkylation sites (N-methyl/N-ethyl adjacent to an activating group) is 1. The first-order valence-electron chi connectivity index (χ1n) is 9.00. The van der Waals surface area contributed by atoms with Crippen molar-refractivity contribution in [2.45, 2.75) is 26.4 Å². The Kier molecular flexibility index (Phi) is 7.15. The lowest BCUT2D eigenvalue weighted by Crippen LogP contribution is -2.43. The van der Waals surface area contributed by atoms with Gasteiger partial charge in [-0.3, -0.25) is 14.4 Å². The predicted octanol–water partition coefficient (Wildman–Crippen LogP) is 2.45. The van der Waals surface area contributed by atoms with Crippen LogP contribution in [0, 0.1) is 0 Å². The molecule has 7 nitrogen and oxygen atoms in total. The molecule has 2 aromatic heterocycles. The van der Waals surface area contributed by atoms with E-state index in [1.54, 1.807) is 26.8 Å². The van der Waals surface area contributed by atoms with Crippen molar-refractivity contribution in [2.75, 3.05) is 33.7 Å². The maximum atomic E-state index is 13.0. The second-order valence-corrected chi connectivity index (χ2v) is 8.66. The number of aromatic nitrogens is 1. The van der Waals surface area contributed by atoms with Gasteiger partial charge in [-0.2, -0.15) is 0 Å². The van der Waals surface area contributed by atoms with Gasteiger partial charge in [-0.15, -0.1) is 11.3 Å². The standard InChI is InChI=1S/C20H27N3O4S/c1-20(2,3)27-17(24)13-23(11-10-22(4)5)19(26)14-8-9-15(21-18(14)25)16-7-6-12-28-16/h6-9,12H,10-11,13H2,1-5H3,(H,21,25). The number of amides is 1. The molecule has 28 heavy (non-hydrogen) atoms. The van der Waals surface area contributed by atoms with Crippen molar-refractivity contribution in [3.05, 3.63) is 45.6 Å². The Hall–Kier alpha value is -2.45. The molecule has 0 aliphatic rings. The quantitative estimate of drug-likeness (QED) is 0.716. The van der Waals surface area contributed by atoms with E-state index in [0.717, 1.165) is 4.88 Å². The molecular formula is C20H27N3O4S. The third kappa shape index (κ3) is 6.31. The fourth-order valence-electron chi connectivity index (χ4n) is 2.49. The monoisotopic (exact) mass is 405 g/mol. The van der Waals surface area contributed by atoms with E-state index in [1.807, 2.05) is 36.5 Å². The smallest absolute Gasteiger partial charge is 0.326 e.